The van der Waals surface area contributed by atoms with E-state index in [1.807, 2.05) is 37.3 Å². The van der Waals surface area contributed by atoms with Gasteiger partial charge < -0.3 is 14.7 Å². The summed E-state index contributed by atoms with van der Waals surface area (Å²) in [6.07, 6.45) is 6.45. The van der Waals surface area contributed by atoms with Crippen LogP contribution in [0.1, 0.15) is 6.42 Å². The summed E-state index contributed by atoms with van der Waals surface area (Å²) < 4.78 is 0. The van der Waals surface area contributed by atoms with Gasteiger partial charge in [0.2, 0.25) is 0 Å². The third-order valence-electron chi connectivity index (χ3n) is 3.85. The lowest BCUT2D eigenvalue weighted by molar-refractivity contribution is 0.790. The van der Waals surface area contributed by atoms with E-state index in [1.165, 1.54) is 0 Å². The highest BCUT2D eigenvalue weighted by molar-refractivity contribution is 5.61. The maximum atomic E-state index is 4.55. The highest BCUT2D eigenvalue weighted by Crippen LogP contribution is 2.24. The Balaban J connectivity index is 1.76. The molecule has 22 heavy (non-hydrogen) atoms. The Morgan fingerprint density at radius 3 is 2.41 bits per heavy atom. The van der Waals surface area contributed by atoms with E-state index in [0.717, 1.165) is 50.1 Å². The quantitative estimate of drug-likeness (QED) is 0.859. The molecule has 3 heterocycles. The van der Waals surface area contributed by atoms with Crippen molar-refractivity contribution < 1.29 is 0 Å². The zero-order valence-corrected chi connectivity index (χ0v) is 13.2. The summed E-state index contributed by atoms with van der Waals surface area (Å²) >= 11 is 0. The zero-order valence-electron chi connectivity index (χ0n) is 13.2. The Morgan fingerprint density at radius 1 is 0.864 bits per heavy atom. The molecule has 0 radical (unpaired) electrons. The number of hydrogen-bond donors (Lipinski definition) is 0. The van der Waals surface area contributed by atoms with Crippen LogP contribution in [0, 0.1) is 0 Å². The maximum Gasteiger partial charge on any atom is 0.172 e. The van der Waals surface area contributed by atoms with E-state index < -0.39 is 0 Å². The highest BCUT2D eigenvalue weighted by atomic mass is 15.3. The fraction of sp³-hybridized carbons (Fsp3) is 0.438. The van der Waals surface area contributed by atoms with Crippen LogP contribution in [-0.2, 0) is 0 Å². The van der Waals surface area contributed by atoms with Crippen molar-refractivity contribution in [3.05, 3.63) is 36.8 Å². The smallest absolute Gasteiger partial charge is 0.172 e. The van der Waals surface area contributed by atoms with E-state index in [1.54, 1.807) is 12.4 Å². The van der Waals surface area contributed by atoms with Crippen LogP contribution in [0.3, 0.4) is 0 Å². The molecule has 116 valence electrons. The van der Waals surface area contributed by atoms with Gasteiger partial charge in [-0.05, 0) is 18.6 Å². The van der Waals surface area contributed by atoms with Gasteiger partial charge in [0.25, 0.3) is 0 Å². The van der Waals surface area contributed by atoms with Gasteiger partial charge in [-0.3, -0.25) is 0 Å². The minimum Gasteiger partial charge on any atom is -0.360 e. The molecule has 0 unspecified atom stereocenters. The summed E-state index contributed by atoms with van der Waals surface area (Å²) in [5.74, 6) is 2.94. The number of aromatic nitrogens is 3. The minimum absolute atomic E-state index is 0.925. The van der Waals surface area contributed by atoms with E-state index in [9.17, 15) is 0 Å². The van der Waals surface area contributed by atoms with Crippen molar-refractivity contribution in [1.29, 1.82) is 0 Å². The van der Waals surface area contributed by atoms with E-state index in [4.69, 9.17) is 0 Å². The first-order valence-corrected chi connectivity index (χ1v) is 7.65. The van der Waals surface area contributed by atoms with Gasteiger partial charge in [0, 0.05) is 58.9 Å². The highest BCUT2D eigenvalue weighted by Gasteiger charge is 2.20. The molecule has 0 spiro atoms. The molecule has 1 fully saturated rings. The Bertz CT molecular complexity index is 601. The third kappa shape index (κ3) is 3.10. The standard InChI is InChI=1S/C16H22N6/c1-20(2)15-16(19-9-8-18-15)22-11-5-10-21(12-13-22)14-6-3-4-7-17-14/h3-4,6-9H,5,10-13H2,1-2H3. The van der Waals surface area contributed by atoms with Crippen LogP contribution >= 0.6 is 0 Å². The first-order valence-electron chi connectivity index (χ1n) is 7.65. The molecule has 1 saturated heterocycles. The normalized spacial score (nSPS) is 15.5. The second-order valence-electron chi connectivity index (χ2n) is 5.61. The molecule has 1 aliphatic rings. The molecule has 0 amide bonds. The first-order chi connectivity index (χ1) is 10.8. The number of anilines is 3. The lowest BCUT2D eigenvalue weighted by Gasteiger charge is -2.26. The van der Waals surface area contributed by atoms with Crippen molar-refractivity contribution in [1.82, 2.24) is 15.0 Å². The topological polar surface area (TPSA) is 48.4 Å². The summed E-state index contributed by atoms with van der Waals surface area (Å²) in [6.45, 7) is 3.88. The summed E-state index contributed by atoms with van der Waals surface area (Å²) in [7, 11) is 4.01. The summed E-state index contributed by atoms with van der Waals surface area (Å²) in [5.41, 5.74) is 0. The molecule has 0 saturated carbocycles. The Labute approximate surface area is 131 Å². The molecule has 1 aliphatic heterocycles. The monoisotopic (exact) mass is 298 g/mol. The van der Waals surface area contributed by atoms with Crippen molar-refractivity contribution in [3.63, 3.8) is 0 Å². The fourth-order valence-electron chi connectivity index (χ4n) is 2.76. The molecule has 0 atom stereocenters. The average molecular weight is 298 g/mol. The molecule has 2 aromatic heterocycles. The molecule has 0 bridgehead atoms. The van der Waals surface area contributed by atoms with Crippen LogP contribution < -0.4 is 14.7 Å². The maximum absolute atomic E-state index is 4.55. The zero-order chi connectivity index (χ0) is 15.4. The largest absolute Gasteiger partial charge is 0.360 e. The van der Waals surface area contributed by atoms with Gasteiger partial charge in [0.15, 0.2) is 11.6 Å². The van der Waals surface area contributed by atoms with Gasteiger partial charge in [-0.15, -0.1) is 0 Å². The Kier molecular flexibility index (Phi) is 4.37. The van der Waals surface area contributed by atoms with Gasteiger partial charge in [0.1, 0.15) is 5.82 Å². The lowest BCUT2D eigenvalue weighted by Crippen LogP contribution is -2.32. The van der Waals surface area contributed by atoms with Crippen LogP contribution in [0.15, 0.2) is 36.8 Å². The molecule has 3 rings (SSSR count). The van der Waals surface area contributed by atoms with Crippen molar-refractivity contribution in [2.24, 2.45) is 0 Å². The predicted molar refractivity (Wildman–Crippen MR) is 89.6 cm³/mol. The van der Waals surface area contributed by atoms with Crippen molar-refractivity contribution in [2.75, 3.05) is 55.0 Å². The lowest BCUT2D eigenvalue weighted by atomic mass is 10.3. The Morgan fingerprint density at radius 2 is 1.64 bits per heavy atom. The molecule has 0 aromatic carbocycles. The number of rotatable bonds is 3. The fourth-order valence-corrected chi connectivity index (χ4v) is 2.76. The molecular formula is C16H22N6. The molecule has 6 heteroatoms. The molecule has 6 nitrogen and oxygen atoms in total. The summed E-state index contributed by atoms with van der Waals surface area (Å²) in [6, 6.07) is 6.07. The van der Waals surface area contributed by atoms with Gasteiger partial charge in [0.05, 0.1) is 0 Å². The predicted octanol–water partition coefficient (Wildman–Crippen LogP) is 1.65. The van der Waals surface area contributed by atoms with Crippen LogP contribution in [0.2, 0.25) is 0 Å². The van der Waals surface area contributed by atoms with E-state index in [-0.39, 0.29) is 0 Å². The van der Waals surface area contributed by atoms with E-state index in [0.29, 0.717) is 0 Å². The molecule has 0 aliphatic carbocycles. The number of pyridine rings is 1. The Hall–Kier alpha value is -2.37. The molecule has 2 aromatic rings. The van der Waals surface area contributed by atoms with E-state index in [2.05, 4.69) is 30.8 Å². The van der Waals surface area contributed by atoms with Gasteiger partial charge >= 0.3 is 0 Å². The van der Waals surface area contributed by atoms with Gasteiger partial charge in [-0.2, -0.15) is 0 Å². The SMILES string of the molecule is CN(C)c1nccnc1N1CCCN(c2ccccn2)CC1. The second kappa shape index (κ2) is 6.60. The van der Waals surface area contributed by atoms with Gasteiger partial charge in [-0.25, -0.2) is 15.0 Å². The average Bonchev–Trinajstić information content (AvgIpc) is 2.81. The van der Waals surface area contributed by atoms with Crippen LogP contribution in [-0.4, -0.2) is 55.2 Å². The minimum atomic E-state index is 0.925. The van der Waals surface area contributed by atoms with Crippen LogP contribution in [0.25, 0.3) is 0 Å². The van der Waals surface area contributed by atoms with Gasteiger partial charge in [-0.1, -0.05) is 6.07 Å². The van der Waals surface area contributed by atoms with E-state index >= 15 is 0 Å². The van der Waals surface area contributed by atoms with Crippen LogP contribution in [0.4, 0.5) is 17.5 Å². The van der Waals surface area contributed by atoms with Crippen molar-refractivity contribution >= 4 is 17.5 Å². The number of nitrogens with zero attached hydrogens (tertiary/aromatic N) is 6. The summed E-state index contributed by atoms with van der Waals surface area (Å²) in [5, 5.41) is 0. The first kappa shape index (κ1) is 14.6. The number of hydrogen-bond acceptors (Lipinski definition) is 6. The summed E-state index contributed by atoms with van der Waals surface area (Å²) in [4.78, 5) is 20.1. The second-order valence-corrected chi connectivity index (χ2v) is 5.61. The molecule has 0 N–H and O–H groups in total. The molecular weight excluding hydrogens is 276 g/mol. The van der Waals surface area contributed by atoms with Crippen molar-refractivity contribution in [3.8, 4) is 0 Å². The van der Waals surface area contributed by atoms with Crippen molar-refractivity contribution in [2.45, 2.75) is 6.42 Å². The third-order valence-corrected chi connectivity index (χ3v) is 3.85. The van der Waals surface area contributed by atoms with Crippen LogP contribution in [0.5, 0.6) is 0 Å².